The van der Waals surface area contributed by atoms with Crippen LogP contribution < -0.4 is 9.47 Å². The molecule has 4 rings (SSSR count). The number of ether oxygens (including phenoxy) is 7. The van der Waals surface area contributed by atoms with Crippen LogP contribution in [0, 0.1) is 0 Å². The molecule has 2 aromatic rings. The van der Waals surface area contributed by atoms with Gasteiger partial charge in [0.05, 0.1) is 0 Å². The number of hydrogen-bond acceptors (Lipinski definition) is 11. The summed E-state index contributed by atoms with van der Waals surface area (Å²) in [7, 11) is 0. The molecule has 1 fully saturated rings. The number of fused-ring (bicyclic) bond motifs is 1. The van der Waals surface area contributed by atoms with Crippen LogP contribution >= 0.6 is 15.9 Å². The van der Waals surface area contributed by atoms with E-state index in [1.165, 1.54) is 27.7 Å². The molecule has 2 aliphatic rings. The average molecular weight is 635 g/mol. The lowest BCUT2D eigenvalue weighted by Crippen LogP contribution is -2.59. The first-order valence-corrected chi connectivity index (χ1v) is 13.8. The second-order valence-electron chi connectivity index (χ2n) is 9.63. The molecule has 0 unspecified atom stereocenters. The van der Waals surface area contributed by atoms with Crippen LogP contribution in [0.4, 0.5) is 0 Å². The van der Waals surface area contributed by atoms with E-state index in [0.717, 1.165) is 15.6 Å². The summed E-state index contributed by atoms with van der Waals surface area (Å²) < 4.78 is 40.3. The molecule has 11 nitrogen and oxygen atoms in total. The van der Waals surface area contributed by atoms with Crippen molar-refractivity contribution < 1.29 is 52.3 Å². The van der Waals surface area contributed by atoms with Crippen molar-refractivity contribution in [2.75, 3.05) is 19.8 Å². The fraction of sp³-hybridized carbons (Fsp3) is 0.448. The van der Waals surface area contributed by atoms with Gasteiger partial charge in [-0.1, -0.05) is 34.1 Å². The van der Waals surface area contributed by atoms with Crippen molar-refractivity contribution in [1.29, 1.82) is 0 Å². The molecule has 0 aromatic heterocycles. The smallest absolute Gasteiger partial charge is 0.303 e. The molecule has 0 aliphatic carbocycles. The Kier molecular flexibility index (Phi) is 9.87. The molecule has 0 amide bonds. The molecule has 0 saturated carbocycles. The van der Waals surface area contributed by atoms with Crippen LogP contribution in [0.3, 0.4) is 0 Å². The third-order valence-corrected chi connectivity index (χ3v) is 7.16. The van der Waals surface area contributed by atoms with Gasteiger partial charge in [0.15, 0.2) is 29.8 Å². The number of carbonyl (C=O) groups is 4. The Morgan fingerprint density at radius 1 is 0.780 bits per heavy atom. The van der Waals surface area contributed by atoms with Crippen LogP contribution in [0.2, 0.25) is 0 Å². The van der Waals surface area contributed by atoms with Crippen molar-refractivity contribution >= 4 is 39.8 Å². The van der Waals surface area contributed by atoms with Gasteiger partial charge in [-0.25, -0.2) is 0 Å². The van der Waals surface area contributed by atoms with E-state index >= 15 is 0 Å². The Morgan fingerprint density at radius 3 is 2.07 bits per heavy atom. The monoisotopic (exact) mass is 634 g/mol. The molecule has 5 atom stereocenters. The largest absolute Gasteiger partial charge is 0.486 e. The van der Waals surface area contributed by atoms with Crippen LogP contribution in [-0.4, -0.2) is 68.1 Å². The maximum Gasteiger partial charge on any atom is 0.303 e. The molecule has 2 aromatic carbocycles. The molecule has 12 heteroatoms. The maximum absolute atomic E-state index is 12.2. The molecule has 0 N–H and O–H groups in total. The van der Waals surface area contributed by atoms with Crippen molar-refractivity contribution in [2.24, 2.45) is 0 Å². The predicted molar refractivity (Wildman–Crippen MR) is 145 cm³/mol. The first-order chi connectivity index (χ1) is 19.5. The van der Waals surface area contributed by atoms with E-state index in [1.54, 1.807) is 6.07 Å². The lowest BCUT2D eigenvalue weighted by atomic mass is 9.89. The molecule has 0 radical (unpaired) electrons. The van der Waals surface area contributed by atoms with E-state index in [9.17, 15) is 19.2 Å². The third-order valence-electron chi connectivity index (χ3n) is 6.39. The number of halogens is 1. The lowest BCUT2D eigenvalue weighted by molar-refractivity contribution is -0.254. The lowest BCUT2D eigenvalue weighted by Gasteiger charge is -2.44. The molecular formula is C29H31BrO11. The second kappa shape index (κ2) is 13.3. The van der Waals surface area contributed by atoms with Crippen molar-refractivity contribution in [3.8, 4) is 11.5 Å². The van der Waals surface area contributed by atoms with Crippen molar-refractivity contribution in [1.82, 2.24) is 0 Å². The van der Waals surface area contributed by atoms with Crippen molar-refractivity contribution in [3.63, 3.8) is 0 Å². The minimum atomic E-state index is -1.25. The minimum absolute atomic E-state index is 0.297. The van der Waals surface area contributed by atoms with Crippen molar-refractivity contribution in [2.45, 2.75) is 64.6 Å². The summed E-state index contributed by atoms with van der Waals surface area (Å²) in [6.45, 7) is 5.48. The summed E-state index contributed by atoms with van der Waals surface area (Å²) in [6, 6.07) is 11.2. The molecule has 220 valence electrons. The van der Waals surface area contributed by atoms with Gasteiger partial charge in [0.2, 0.25) is 0 Å². The van der Waals surface area contributed by atoms with Crippen LogP contribution in [0.15, 0.2) is 40.9 Å². The number of hydrogen-bond donors (Lipinski definition) is 0. The Labute approximate surface area is 245 Å². The van der Waals surface area contributed by atoms with Gasteiger partial charge in [-0.05, 0) is 41.3 Å². The zero-order chi connectivity index (χ0) is 29.7. The van der Waals surface area contributed by atoms with Gasteiger partial charge < -0.3 is 33.2 Å². The highest BCUT2D eigenvalue weighted by Gasteiger charge is 2.52. The SMILES string of the molecule is CC(=O)OC[C@H]1O[C@@H](c2ccc(Br)c(Cc3ccc4c(c3)OCCO4)c2)[C@H](OC(C)=O)[C@H](OC(C)=O)[C@@H]1OC(C)=O. The van der Waals surface area contributed by atoms with E-state index in [-0.39, 0.29) is 6.61 Å². The van der Waals surface area contributed by atoms with Gasteiger partial charge in [-0.2, -0.15) is 0 Å². The third kappa shape index (κ3) is 7.76. The molecule has 2 heterocycles. The zero-order valence-electron chi connectivity index (χ0n) is 23.0. The van der Waals surface area contributed by atoms with Crippen LogP contribution in [0.1, 0.15) is 50.5 Å². The first kappa shape index (κ1) is 30.3. The van der Waals surface area contributed by atoms with E-state index < -0.39 is 54.4 Å². The second-order valence-corrected chi connectivity index (χ2v) is 10.5. The van der Waals surface area contributed by atoms with Crippen LogP contribution in [0.25, 0.3) is 0 Å². The van der Waals surface area contributed by atoms with Crippen LogP contribution in [0.5, 0.6) is 11.5 Å². The first-order valence-electron chi connectivity index (χ1n) is 13.0. The highest BCUT2D eigenvalue weighted by atomic mass is 79.9. The summed E-state index contributed by atoms with van der Waals surface area (Å²) in [6.07, 6.45) is -5.14. The molecule has 2 aliphatic heterocycles. The van der Waals surface area contributed by atoms with E-state index in [1.807, 2.05) is 30.3 Å². The van der Waals surface area contributed by atoms with E-state index in [0.29, 0.717) is 36.7 Å². The minimum Gasteiger partial charge on any atom is -0.486 e. The highest BCUT2D eigenvalue weighted by Crippen LogP contribution is 2.39. The topological polar surface area (TPSA) is 133 Å². The summed E-state index contributed by atoms with van der Waals surface area (Å²) in [5, 5.41) is 0. The van der Waals surface area contributed by atoms with E-state index in [2.05, 4.69) is 15.9 Å². The summed E-state index contributed by atoms with van der Waals surface area (Å²) >= 11 is 3.61. The Hall–Kier alpha value is -3.64. The number of carbonyl (C=O) groups excluding carboxylic acids is 4. The Balaban J connectivity index is 1.72. The molecule has 1 saturated heterocycles. The Bertz CT molecular complexity index is 1310. The number of rotatable bonds is 8. The zero-order valence-corrected chi connectivity index (χ0v) is 24.6. The van der Waals surface area contributed by atoms with Crippen LogP contribution in [-0.2, 0) is 49.3 Å². The van der Waals surface area contributed by atoms with E-state index in [4.69, 9.17) is 33.2 Å². The summed E-state index contributed by atoms with van der Waals surface area (Å²) in [4.78, 5) is 48.0. The fourth-order valence-electron chi connectivity index (χ4n) is 4.82. The van der Waals surface area contributed by atoms with Gasteiger partial charge in [-0.3, -0.25) is 19.2 Å². The summed E-state index contributed by atoms with van der Waals surface area (Å²) in [5.74, 6) is -1.26. The maximum atomic E-state index is 12.2. The number of esters is 4. The predicted octanol–water partition coefficient (Wildman–Crippen LogP) is 3.61. The molecule has 41 heavy (non-hydrogen) atoms. The van der Waals surface area contributed by atoms with Gasteiger partial charge in [0.25, 0.3) is 0 Å². The van der Waals surface area contributed by atoms with Crippen molar-refractivity contribution in [3.05, 3.63) is 57.6 Å². The number of benzene rings is 2. The van der Waals surface area contributed by atoms with Gasteiger partial charge in [-0.15, -0.1) is 0 Å². The normalized spacial score (nSPS) is 23.2. The van der Waals surface area contributed by atoms with Gasteiger partial charge in [0, 0.05) is 32.2 Å². The summed E-state index contributed by atoms with van der Waals surface area (Å²) in [5.41, 5.74) is 2.44. The standard InChI is InChI=1S/C29H31BrO11/c1-15(31)37-14-25-27(38-16(2)32)29(40-18(4)34)28(39-17(3)33)26(41-25)20-6-7-22(30)21(13-20)11-19-5-8-23-24(12-19)36-10-9-35-23/h5-8,12-13,25-29H,9-11,14H2,1-4H3/t25-,26+,27-,28+,29-/m1/s1. The molecule has 0 spiro atoms. The molecule has 0 bridgehead atoms. The Morgan fingerprint density at radius 2 is 1.41 bits per heavy atom. The molecular weight excluding hydrogens is 604 g/mol. The highest BCUT2D eigenvalue weighted by molar-refractivity contribution is 9.10. The quantitative estimate of drug-likeness (QED) is 0.311. The average Bonchev–Trinajstić information content (AvgIpc) is 2.90. The van der Waals surface area contributed by atoms with Gasteiger partial charge in [0.1, 0.15) is 32.0 Å². The fourth-order valence-corrected chi connectivity index (χ4v) is 5.21. The van der Waals surface area contributed by atoms with Gasteiger partial charge >= 0.3 is 23.9 Å².